The van der Waals surface area contributed by atoms with E-state index in [0.717, 1.165) is 34.4 Å². The van der Waals surface area contributed by atoms with E-state index in [-0.39, 0.29) is 24.3 Å². The highest BCUT2D eigenvalue weighted by Crippen LogP contribution is 2.32. The smallest absolute Gasteiger partial charge is 0.293 e. The van der Waals surface area contributed by atoms with Crippen molar-refractivity contribution in [1.29, 1.82) is 0 Å². The van der Waals surface area contributed by atoms with Gasteiger partial charge in [0.1, 0.15) is 23.9 Å². The lowest BCUT2D eigenvalue weighted by molar-refractivity contribution is -0.123. The first-order chi connectivity index (χ1) is 11.9. The summed E-state index contributed by atoms with van der Waals surface area (Å²) in [5.41, 5.74) is 2.12. The predicted molar refractivity (Wildman–Crippen MR) is 97.5 cm³/mol. The molecule has 25 heavy (non-hydrogen) atoms. The Morgan fingerprint density at radius 1 is 1.16 bits per heavy atom. The van der Waals surface area contributed by atoms with Crippen molar-refractivity contribution in [3.05, 3.63) is 57.9 Å². The Bertz CT molecular complexity index is 853. The first kappa shape index (κ1) is 17.4. The third-order valence-electron chi connectivity index (χ3n) is 3.82. The number of carbonyl (C=O) groups excluding carboxylic acids is 2. The summed E-state index contributed by atoms with van der Waals surface area (Å²) in [6.45, 7) is 6.25. The molecule has 0 radical (unpaired) electrons. The van der Waals surface area contributed by atoms with Gasteiger partial charge in [0.2, 0.25) is 0 Å². The maximum absolute atomic E-state index is 12.4. The number of carbonyl (C=O) groups is 2. The van der Waals surface area contributed by atoms with Gasteiger partial charge in [0, 0.05) is 6.08 Å². The van der Waals surface area contributed by atoms with E-state index in [9.17, 15) is 9.59 Å². The lowest BCUT2D eigenvalue weighted by Gasteiger charge is -2.14. The van der Waals surface area contributed by atoms with Crippen molar-refractivity contribution in [2.24, 2.45) is 0 Å². The van der Waals surface area contributed by atoms with Crippen LogP contribution in [0.5, 0.6) is 5.75 Å². The molecule has 0 spiro atoms. The van der Waals surface area contributed by atoms with Crippen LogP contribution in [0.3, 0.4) is 0 Å². The molecule has 0 N–H and O–H groups in total. The zero-order valence-electron chi connectivity index (χ0n) is 14.4. The molecule has 1 aliphatic rings. The normalized spacial score (nSPS) is 16.1. The zero-order valence-corrected chi connectivity index (χ0v) is 15.2. The van der Waals surface area contributed by atoms with E-state index in [1.165, 1.54) is 4.90 Å². The number of rotatable bonds is 5. The molecule has 0 bridgehead atoms. The van der Waals surface area contributed by atoms with Gasteiger partial charge in [-0.3, -0.25) is 14.5 Å². The molecule has 3 rings (SSSR count). The van der Waals surface area contributed by atoms with Crippen LogP contribution in [-0.4, -0.2) is 29.2 Å². The van der Waals surface area contributed by atoms with Crippen LogP contribution in [0.1, 0.15) is 22.6 Å². The van der Waals surface area contributed by atoms with Crippen molar-refractivity contribution in [2.75, 3.05) is 13.2 Å². The maximum Gasteiger partial charge on any atom is 0.293 e. The Morgan fingerprint density at radius 2 is 1.96 bits per heavy atom. The van der Waals surface area contributed by atoms with Gasteiger partial charge in [-0.1, -0.05) is 12.1 Å². The number of hydrogen-bond acceptors (Lipinski definition) is 5. The fourth-order valence-electron chi connectivity index (χ4n) is 2.46. The molecule has 2 amide bonds. The number of imide groups is 1. The number of aryl methyl sites for hydroxylation is 3. The van der Waals surface area contributed by atoms with Crippen LogP contribution < -0.4 is 4.74 Å². The van der Waals surface area contributed by atoms with Gasteiger partial charge in [-0.25, -0.2) is 0 Å². The molecule has 2 heterocycles. The van der Waals surface area contributed by atoms with Crippen LogP contribution in [0, 0.1) is 20.8 Å². The van der Waals surface area contributed by atoms with Crippen molar-refractivity contribution >= 4 is 29.0 Å². The molecule has 2 aromatic rings. The average molecular weight is 357 g/mol. The molecular weight excluding hydrogens is 338 g/mol. The summed E-state index contributed by atoms with van der Waals surface area (Å²) in [6.07, 6.45) is 1.60. The second-order valence-corrected chi connectivity index (χ2v) is 6.89. The van der Waals surface area contributed by atoms with E-state index in [1.807, 2.05) is 45.0 Å². The Morgan fingerprint density at radius 3 is 2.68 bits per heavy atom. The first-order valence-electron chi connectivity index (χ1n) is 7.96. The van der Waals surface area contributed by atoms with Gasteiger partial charge in [-0.05, 0) is 61.9 Å². The van der Waals surface area contributed by atoms with Gasteiger partial charge in [-0.15, -0.1) is 0 Å². The largest absolute Gasteiger partial charge is 0.491 e. The van der Waals surface area contributed by atoms with Gasteiger partial charge in [0.05, 0.1) is 11.4 Å². The summed E-state index contributed by atoms with van der Waals surface area (Å²) < 4.78 is 11.2. The Labute approximate surface area is 150 Å². The molecule has 1 aromatic carbocycles. The summed E-state index contributed by atoms with van der Waals surface area (Å²) >= 11 is 0.921. The van der Waals surface area contributed by atoms with Crippen molar-refractivity contribution in [1.82, 2.24) is 4.90 Å². The SMILES string of the molecule is Cc1ccc(C)c(OCCN2C(=O)S/C(=C\c3ccc(C)o3)C2=O)c1. The van der Waals surface area contributed by atoms with Crippen LogP contribution in [0.15, 0.2) is 39.7 Å². The molecule has 0 saturated carbocycles. The quantitative estimate of drug-likeness (QED) is 0.746. The third-order valence-corrected chi connectivity index (χ3v) is 4.73. The van der Waals surface area contributed by atoms with Crippen molar-refractivity contribution in [2.45, 2.75) is 20.8 Å². The van der Waals surface area contributed by atoms with Crippen LogP contribution in [0.4, 0.5) is 4.79 Å². The third kappa shape index (κ3) is 3.96. The Hall–Kier alpha value is -2.47. The maximum atomic E-state index is 12.4. The van der Waals surface area contributed by atoms with Crippen molar-refractivity contribution < 1.29 is 18.7 Å². The van der Waals surface area contributed by atoms with Crippen LogP contribution >= 0.6 is 11.8 Å². The van der Waals surface area contributed by atoms with E-state index in [0.29, 0.717) is 10.7 Å². The number of benzene rings is 1. The highest BCUT2D eigenvalue weighted by atomic mass is 32.2. The predicted octanol–water partition coefficient (Wildman–Crippen LogP) is 4.32. The van der Waals surface area contributed by atoms with Crippen LogP contribution in [-0.2, 0) is 4.79 Å². The molecule has 1 fully saturated rings. The van der Waals surface area contributed by atoms with Crippen molar-refractivity contribution in [3.8, 4) is 5.75 Å². The monoisotopic (exact) mass is 357 g/mol. The highest BCUT2D eigenvalue weighted by Gasteiger charge is 2.35. The molecule has 0 aliphatic carbocycles. The highest BCUT2D eigenvalue weighted by molar-refractivity contribution is 8.18. The standard InChI is InChI=1S/C19H19NO4S/c1-12-4-5-13(2)16(10-12)23-9-8-20-18(21)17(25-19(20)22)11-15-7-6-14(3)24-15/h4-7,10-11H,8-9H2,1-3H3/b17-11-. The second-order valence-electron chi connectivity index (χ2n) is 5.90. The van der Waals surface area contributed by atoms with Gasteiger partial charge in [-0.2, -0.15) is 0 Å². The van der Waals surface area contributed by atoms with Gasteiger partial charge >= 0.3 is 0 Å². The van der Waals surface area contributed by atoms with Gasteiger partial charge < -0.3 is 9.15 Å². The fourth-order valence-corrected chi connectivity index (χ4v) is 3.31. The van der Waals surface area contributed by atoms with E-state index in [2.05, 4.69) is 0 Å². The number of hydrogen-bond donors (Lipinski definition) is 0. The first-order valence-corrected chi connectivity index (χ1v) is 8.77. The number of amides is 2. The average Bonchev–Trinajstić information content (AvgIpc) is 3.08. The molecule has 0 unspecified atom stereocenters. The van der Waals surface area contributed by atoms with Gasteiger partial charge in [0.15, 0.2) is 0 Å². The molecule has 130 valence electrons. The van der Waals surface area contributed by atoms with E-state index in [4.69, 9.17) is 9.15 Å². The molecule has 1 aromatic heterocycles. The molecule has 5 nitrogen and oxygen atoms in total. The van der Waals surface area contributed by atoms with Gasteiger partial charge in [0.25, 0.3) is 11.1 Å². The lowest BCUT2D eigenvalue weighted by Crippen LogP contribution is -2.32. The summed E-state index contributed by atoms with van der Waals surface area (Å²) in [6, 6.07) is 9.53. The number of nitrogens with zero attached hydrogens (tertiary/aromatic N) is 1. The topological polar surface area (TPSA) is 59.8 Å². The minimum atomic E-state index is -0.311. The summed E-state index contributed by atoms with van der Waals surface area (Å²) in [7, 11) is 0. The molecular formula is C19H19NO4S. The van der Waals surface area contributed by atoms with Crippen LogP contribution in [0.25, 0.3) is 6.08 Å². The summed E-state index contributed by atoms with van der Waals surface area (Å²) in [4.78, 5) is 26.1. The molecule has 1 saturated heterocycles. The molecule has 6 heteroatoms. The Kier molecular flexibility index (Phi) is 4.99. The lowest BCUT2D eigenvalue weighted by atomic mass is 10.1. The minimum Gasteiger partial charge on any atom is -0.491 e. The second kappa shape index (κ2) is 7.19. The summed E-state index contributed by atoms with van der Waals surface area (Å²) in [5.74, 6) is 1.78. The minimum absolute atomic E-state index is 0.215. The van der Waals surface area contributed by atoms with Crippen LogP contribution in [0.2, 0.25) is 0 Å². The zero-order chi connectivity index (χ0) is 18.0. The van der Waals surface area contributed by atoms with E-state index in [1.54, 1.807) is 12.1 Å². The number of ether oxygens (including phenoxy) is 1. The van der Waals surface area contributed by atoms with E-state index >= 15 is 0 Å². The summed E-state index contributed by atoms with van der Waals surface area (Å²) in [5, 5.41) is -0.288. The fraction of sp³-hybridized carbons (Fsp3) is 0.263. The number of thioether (sulfide) groups is 1. The number of furan rings is 1. The molecule has 0 atom stereocenters. The van der Waals surface area contributed by atoms with E-state index < -0.39 is 0 Å². The molecule has 1 aliphatic heterocycles. The Balaban J connectivity index is 1.63. The van der Waals surface area contributed by atoms with Crippen molar-refractivity contribution in [3.63, 3.8) is 0 Å².